The lowest BCUT2D eigenvalue weighted by Gasteiger charge is -2.19. The molecule has 0 amide bonds. The summed E-state index contributed by atoms with van der Waals surface area (Å²) in [6.45, 7) is 2.05. The molecule has 0 spiro atoms. The van der Waals surface area contributed by atoms with Crippen LogP contribution in [0.4, 0.5) is 5.69 Å². The number of nitrogens with one attached hydrogen (secondary N) is 1. The van der Waals surface area contributed by atoms with Crippen LogP contribution in [0.25, 0.3) is 0 Å². The molecule has 2 aromatic carbocycles. The molecule has 1 N–H and O–H groups in total. The third-order valence-corrected chi connectivity index (χ3v) is 3.61. The van der Waals surface area contributed by atoms with Crippen LogP contribution in [0, 0.1) is 18.3 Å². The molecule has 0 aromatic heterocycles. The number of anilines is 1. The Morgan fingerprint density at radius 2 is 1.95 bits per heavy atom. The van der Waals surface area contributed by atoms with Crippen LogP contribution in [-0.4, -0.2) is 0 Å². The molecular weight excluding hydrogens is 300 g/mol. The van der Waals surface area contributed by atoms with E-state index in [4.69, 9.17) is 5.26 Å². The molecule has 1 atom stereocenters. The number of aryl methyl sites for hydroxylation is 1. The fraction of sp³-hybridized carbons (Fsp3) is 0.188. The molecule has 0 aliphatic heterocycles. The maximum absolute atomic E-state index is 8.99. The molecule has 1 unspecified atom stereocenters. The van der Waals surface area contributed by atoms with E-state index < -0.39 is 0 Å². The van der Waals surface area contributed by atoms with Crippen LogP contribution >= 0.6 is 15.9 Å². The van der Waals surface area contributed by atoms with E-state index in [0.717, 1.165) is 15.7 Å². The van der Waals surface area contributed by atoms with Gasteiger partial charge in [0.15, 0.2) is 0 Å². The number of hydrogen-bond donors (Lipinski definition) is 1. The van der Waals surface area contributed by atoms with Gasteiger partial charge in [0.05, 0.1) is 18.5 Å². The molecule has 96 valence electrons. The van der Waals surface area contributed by atoms with E-state index in [9.17, 15) is 0 Å². The second-order valence-corrected chi connectivity index (χ2v) is 5.31. The molecule has 0 saturated carbocycles. The van der Waals surface area contributed by atoms with Crippen molar-refractivity contribution in [3.05, 3.63) is 64.1 Å². The van der Waals surface area contributed by atoms with E-state index in [1.165, 1.54) is 5.56 Å². The smallest absolute Gasteiger partial charge is 0.0647 e. The van der Waals surface area contributed by atoms with Crippen molar-refractivity contribution in [2.24, 2.45) is 0 Å². The first kappa shape index (κ1) is 13.6. The molecule has 19 heavy (non-hydrogen) atoms. The van der Waals surface area contributed by atoms with Gasteiger partial charge in [-0.1, -0.05) is 36.4 Å². The predicted octanol–water partition coefficient (Wildman–Crippen LogP) is 4.82. The summed E-state index contributed by atoms with van der Waals surface area (Å²) in [4.78, 5) is 0. The molecule has 0 fully saturated rings. The Hall–Kier alpha value is -1.79. The Balaban J connectivity index is 2.24. The summed E-state index contributed by atoms with van der Waals surface area (Å²) in [6, 6.07) is 18.4. The summed E-state index contributed by atoms with van der Waals surface area (Å²) >= 11 is 3.55. The predicted molar refractivity (Wildman–Crippen MR) is 81.9 cm³/mol. The van der Waals surface area contributed by atoms with Gasteiger partial charge in [-0.15, -0.1) is 0 Å². The first-order valence-corrected chi connectivity index (χ1v) is 6.94. The molecule has 0 bridgehead atoms. The van der Waals surface area contributed by atoms with Gasteiger partial charge in [0.25, 0.3) is 0 Å². The van der Waals surface area contributed by atoms with Gasteiger partial charge in [-0.05, 0) is 46.1 Å². The van der Waals surface area contributed by atoms with Crippen LogP contribution in [0.15, 0.2) is 53.0 Å². The molecule has 3 heteroatoms. The topological polar surface area (TPSA) is 35.8 Å². The highest BCUT2D eigenvalue weighted by atomic mass is 79.9. The number of rotatable bonds is 4. The Morgan fingerprint density at radius 3 is 2.58 bits per heavy atom. The van der Waals surface area contributed by atoms with Crippen molar-refractivity contribution in [2.45, 2.75) is 19.4 Å². The summed E-state index contributed by atoms with van der Waals surface area (Å²) in [5, 5.41) is 12.4. The molecule has 0 radical (unpaired) electrons. The standard InChI is InChI=1S/C16H15BrN2/c1-12-7-8-16(14(17)11-12)19-15(9-10-18)13-5-3-2-4-6-13/h2-8,11,15,19H,9H2,1H3. The van der Waals surface area contributed by atoms with E-state index in [-0.39, 0.29) is 6.04 Å². The third kappa shape index (κ3) is 3.59. The summed E-state index contributed by atoms with van der Waals surface area (Å²) in [5.41, 5.74) is 3.33. The Bertz CT molecular complexity index is 587. The van der Waals surface area contributed by atoms with Gasteiger partial charge in [-0.3, -0.25) is 0 Å². The first-order chi connectivity index (χ1) is 9.20. The zero-order valence-corrected chi connectivity index (χ0v) is 12.3. The summed E-state index contributed by atoms with van der Waals surface area (Å²) in [5.74, 6) is 0. The van der Waals surface area contributed by atoms with Crippen LogP contribution in [0.2, 0.25) is 0 Å². The van der Waals surface area contributed by atoms with Gasteiger partial charge in [0, 0.05) is 10.2 Å². The highest BCUT2D eigenvalue weighted by molar-refractivity contribution is 9.10. The number of nitrogens with zero attached hydrogens (tertiary/aromatic N) is 1. The van der Waals surface area contributed by atoms with Gasteiger partial charge in [0.1, 0.15) is 0 Å². The lowest BCUT2D eigenvalue weighted by atomic mass is 10.0. The van der Waals surface area contributed by atoms with Crippen LogP contribution < -0.4 is 5.32 Å². The molecule has 0 saturated heterocycles. The zero-order valence-electron chi connectivity index (χ0n) is 10.7. The van der Waals surface area contributed by atoms with Crippen LogP contribution in [0.1, 0.15) is 23.6 Å². The van der Waals surface area contributed by atoms with E-state index in [1.54, 1.807) is 0 Å². The summed E-state index contributed by atoms with van der Waals surface area (Å²) < 4.78 is 1.02. The van der Waals surface area contributed by atoms with Crippen molar-refractivity contribution in [2.75, 3.05) is 5.32 Å². The fourth-order valence-corrected chi connectivity index (χ4v) is 2.56. The van der Waals surface area contributed by atoms with Crippen molar-refractivity contribution < 1.29 is 0 Å². The molecule has 2 aromatic rings. The molecule has 0 aliphatic carbocycles. The van der Waals surface area contributed by atoms with Crippen molar-refractivity contribution in [3.63, 3.8) is 0 Å². The Morgan fingerprint density at radius 1 is 1.21 bits per heavy atom. The third-order valence-electron chi connectivity index (χ3n) is 2.95. The zero-order chi connectivity index (χ0) is 13.7. The first-order valence-electron chi connectivity index (χ1n) is 6.15. The monoisotopic (exact) mass is 314 g/mol. The van der Waals surface area contributed by atoms with Gasteiger partial charge in [0.2, 0.25) is 0 Å². The average molecular weight is 315 g/mol. The number of benzene rings is 2. The van der Waals surface area contributed by atoms with E-state index in [2.05, 4.69) is 46.4 Å². The van der Waals surface area contributed by atoms with Gasteiger partial charge in [-0.2, -0.15) is 5.26 Å². The fourth-order valence-electron chi connectivity index (χ4n) is 1.95. The van der Waals surface area contributed by atoms with Gasteiger partial charge < -0.3 is 5.32 Å². The normalized spacial score (nSPS) is 11.6. The maximum Gasteiger partial charge on any atom is 0.0647 e. The summed E-state index contributed by atoms with van der Waals surface area (Å²) in [6.07, 6.45) is 0.435. The quantitative estimate of drug-likeness (QED) is 0.877. The second-order valence-electron chi connectivity index (χ2n) is 4.45. The van der Waals surface area contributed by atoms with Gasteiger partial charge in [-0.25, -0.2) is 0 Å². The summed E-state index contributed by atoms with van der Waals surface area (Å²) in [7, 11) is 0. The molecular formula is C16H15BrN2. The molecule has 2 nitrogen and oxygen atoms in total. The Kier molecular flexibility index (Phi) is 4.59. The van der Waals surface area contributed by atoms with Crippen LogP contribution in [0.5, 0.6) is 0 Å². The van der Waals surface area contributed by atoms with Crippen molar-refractivity contribution in [1.82, 2.24) is 0 Å². The maximum atomic E-state index is 8.99. The number of nitriles is 1. The van der Waals surface area contributed by atoms with E-state index >= 15 is 0 Å². The lowest BCUT2D eigenvalue weighted by molar-refractivity contribution is 0.805. The molecule has 0 heterocycles. The van der Waals surface area contributed by atoms with Crippen LogP contribution in [0.3, 0.4) is 0 Å². The molecule has 2 rings (SSSR count). The number of hydrogen-bond acceptors (Lipinski definition) is 2. The van der Waals surface area contributed by atoms with Gasteiger partial charge >= 0.3 is 0 Å². The minimum atomic E-state index is 0.00482. The van der Waals surface area contributed by atoms with E-state index in [1.807, 2.05) is 36.4 Å². The Labute approximate surface area is 122 Å². The minimum Gasteiger partial charge on any atom is -0.376 e. The second kappa shape index (κ2) is 6.40. The lowest BCUT2D eigenvalue weighted by Crippen LogP contribution is -2.10. The van der Waals surface area contributed by atoms with Crippen molar-refractivity contribution >= 4 is 21.6 Å². The SMILES string of the molecule is Cc1ccc(NC(CC#N)c2ccccc2)c(Br)c1. The van der Waals surface area contributed by atoms with Crippen molar-refractivity contribution in [1.29, 1.82) is 5.26 Å². The highest BCUT2D eigenvalue weighted by Gasteiger charge is 2.12. The van der Waals surface area contributed by atoms with E-state index in [0.29, 0.717) is 6.42 Å². The largest absolute Gasteiger partial charge is 0.376 e. The highest BCUT2D eigenvalue weighted by Crippen LogP contribution is 2.28. The van der Waals surface area contributed by atoms with Crippen LogP contribution in [-0.2, 0) is 0 Å². The number of halogens is 1. The molecule has 0 aliphatic rings. The minimum absolute atomic E-state index is 0.00482. The average Bonchev–Trinajstić information content (AvgIpc) is 2.42. The van der Waals surface area contributed by atoms with Crippen molar-refractivity contribution in [3.8, 4) is 6.07 Å².